The number of alkyl halides is 9. The van der Waals surface area contributed by atoms with Crippen LogP contribution in [0, 0.1) is 19.7 Å². The highest BCUT2D eigenvalue weighted by Crippen LogP contribution is 2.41. The van der Waals surface area contributed by atoms with Gasteiger partial charge in [-0.3, -0.25) is 9.59 Å². The molecule has 558 valence electrons. The fourth-order valence-electron chi connectivity index (χ4n) is 9.26. The van der Waals surface area contributed by atoms with Crippen LogP contribution >= 0.6 is 46.4 Å². The number of methoxy groups -OCH3 is 3. The van der Waals surface area contributed by atoms with Crippen LogP contribution in [0.15, 0.2) is 86.5 Å². The number of sulfone groups is 1. The lowest BCUT2D eigenvalue weighted by Gasteiger charge is -2.32. The van der Waals surface area contributed by atoms with Crippen LogP contribution in [0.1, 0.15) is 84.8 Å². The number of fused-ring (bicyclic) bond motifs is 1. The molecule has 6 heterocycles. The number of benzene rings is 3. The Morgan fingerprint density at radius 2 is 1.45 bits per heavy atom. The number of aryl methyl sites for hydroxylation is 3. The van der Waals surface area contributed by atoms with E-state index in [-0.39, 0.29) is 93.8 Å². The van der Waals surface area contributed by atoms with Crippen LogP contribution in [0.25, 0.3) is 11.5 Å². The van der Waals surface area contributed by atoms with Gasteiger partial charge in [0.05, 0.1) is 79.6 Å². The Balaban J connectivity index is 0.000000216. The first kappa shape index (κ1) is 82.4. The molecule has 1 aliphatic heterocycles. The molecule has 8 aromatic rings. The smallest absolute Gasteiger partial charge is 0.418 e. The molecule has 3 aromatic carbocycles. The molecule has 5 aromatic heterocycles. The molecular formula is C59H58Cl4F9N13O16S2. The minimum atomic E-state index is -4.98. The average Bonchev–Trinajstić information content (AvgIpc) is 1.70. The fourth-order valence-corrected chi connectivity index (χ4v) is 12.4. The second-order valence-corrected chi connectivity index (χ2v) is 26.4. The van der Waals surface area contributed by atoms with Gasteiger partial charge in [-0.15, -0.1) is 21.8 Å². The van der Waals surface area contributed by atoms with Gasteiger partial charge in [0.2, 0.25) is 29.3 Å². The molecule has 0 spiro atoms. The van der Waals surface area contributed by atoms with Gasteiger partial charge in [0.25, 0.3) is 21.7 Å². The highest BCUT2D eigenvalue weighted by atomic mass is 35.5. The number of ketones is 1. The van der Waals surface area contributed by atoms with Gasteiger partial charge in [0.15, 0.2) is 26.1 Å². The third-order valence-electron chi connectivity index (χ3n) is 13.9. The van der Waals surface area contributed by atoms with Gasteiger partial charge in [-0.2, -0.15) is 64.5 Å². The second kappa shape index (κ2) is 33.3. The number of pyridine rings is 1. The summed E-state index contributed by atoms with van der Waals surface area (Å²) in [5.41, 5.74) is -5.22. The van der Waals surface area contributed by atoms with Gasteiger partial charge < -0.3 is 33.5 Å². The number of aromatic hydroxyl groups is 1. The van der Waals surface area contributed by atoms with Crippen molar-refractivity contribution in [1.82, 2.24) is 48.7 Å². The zero-order valence-corrected chi connectivity index (χ0v) is 59.9. The molecule has 0 radical (unpaired) electrons. The van der Waals surface area contributed by atoms with Crippen LogP contribution in [-0.4, -0.2) is 158 Å². The van der Waals surface area contributed by atoms with Gasteiger partial charge in [-0.05, 0) is 102 Å². The van der Waals surface area contributed by atoms with Crippen molar-refractivity contribution in [3.05, 3.63) is 138 Å². The SMILES string of the molecule is CCOC(=O)C(Cl)Cc1cc(-n2nc(C)n(C(F)F)c2=O)c(F)cc1Cl.CCOC(=O)C1=NN(c2ccc(Cl)cc2Cl)C(C)(C(=O)OCC)C1.COc1cc(OC)n2nc(NS(=O)(=O)c3c(C(F)(F)F)ccnc3OC)nc2n1.Cc1nn(C)c(O)c1C(=O)c1ccc(C(F)(F)F)cc1S(C)(=O)=O. The summed E-state index contributed by atoms with van der Waals surface area (Å²) >= 11 is 24.1. The molecule has 0 fully saturated rings. The predicted molar refractivity (Wildman–Crippen MR) is 350 cm³/mol. The van der Waals surface area contributed by atoms with Crippen LogP contribution in [-0.2, 0) is 74.3 Å². The summed E-state index contributed by atoms with van der Waals surface area (Å²) in [5.74, 6) is -5.63. The Labute approximate surface area is 597 Å². The number of sulfonamides is 1. The van der Waals surface area contributed by atoms with Gasteiger partial charge >= 0.3 is 42.5 Å². The normalized spacial score (nSPS) is 14.1. The number of ether oxygens (including phenoxy) is 6. The molecule has 44 heteroatoms. The van der Waals surface area contributed by atoms with Crippen LogP contribution in [0.2, 0.25) is 15.1 Å². The van der Waals surface area contributed by atoms with Crippen LogP contribution in [0.3, 0.4) is 0 Å². The third kappa shape index (κ3) is 19.0. The first-order valence-corrected chi connectivity index (χ1v) is 34.0. The van der Waals surface area contributed by atoms with Crippen molar-refractivity contribution in [2.75, 3.05) is 57.1 Å². The quantitative estimate of drug-likeness (QED) is 0.0235. The standard InChI is InChI=1S/C16H18Cl2N2O4.C15H14Cl2F3N3O3.C14H13F3N6O5S.C14H13F3N2O4S/c1-4-23-14(21)12-9-16(3,15(22)24-5-2)20(19-12)13-7-6-10(17)8-11(13)18;1-3-26-13(24)10(17)4-8-5-12(11(18)6-9(8)16)23-15(25)22(14(19)20)7(2)21-23;1-26-8-6-9(27-2)23-13(19-8)20-12(21-23)22-29(24,25)10-7(14(15,16)17)4-5-18-11(10)28-3;1-7-11(13(21)19(2)18-7)12(20)9-5-4-8(14(15,16)17)6-10(9)24(3,22)23/h6-8H,4-5,9H2,1-3H3;5-6,10,14H,3-4H2,1-2H3;4-6H,1-3H3,(H,21,22);4-6,21H,1-3H3. The van der Waals surface area contributed by atoms with E-state index in [1.165, 1.54) is 46.2 Å². The second-order valence-electron chi connectivity index (χ2n) is 21.1. The van der Waals surface area contributed by atoms with Gasteiger partial charge in [-0.1, -0.05) is 34.8 Å². The number of hydrazone groups is 1. The number of nitrogens with one attached hydrogen (secondary N) is 1. The van der Waals surface area contributed by atoms with E-state index in [9.17, 15) is 85.4 Å². The number of carbonyl (C=O) groups is 4. The third-order valence-corrected chi connectivity index (χ3v) is 17.7. The molecule has 29 nitrogen and oxygen atoms in total. The highest BCUT2D eigenvalue weighted by molar-refractivity contribution is 7.93. The summed E-state index contributed by atoms with van der Waals surface area (Å²) in [4.78, 5) is 70.2. The van der Waals surface area contributed by atoms with Crippen molar-refractivity contribution >= 4 is 113 Å². The molecule has 103 heavy (non-hydrogen) atoms. The molecule has 0 saturated carbocycles. The molecule has 2 N–H and O–H groups in total. The molecule has 1 aliphatic rings. The van der Waals surface area contributed by atoms with Crippen molar-refractivity contribution in [2.24, 2.45) is 12.1 Å². The molecule has 9 rings (SSSR count). The highest BCUT2D eigenvalue weighted by Gasteiger charge is 2.50. The maximum absolute atomic E-state index is 14.2. The average molecular weight is 1580 g/mol. The minimum absolute atomic E-state index is 0.0424. The van der Waals surface area contributed by atoms with Gasteiger partial charge in [0, 0.05) is 48.0 Å². The fraction of sp³-hybridized carbons (Fsp3) is 0.356. The number of hydrogen-bond acceptors (Lipinski definition) is 24. The summed E-state index contributed by atoms with van der Waals surface area (Å²) in [6, 6.07) is 10.5. The van der Waals surface area contributed by atoms with Crippen molar-refractivity contribution in [1.29, 1.82) is 0 Å². The molecule has 0 saturated heterocycles. The lowest BCUT2D eigenvalue weighted by atomic mass is 9.95. The lowest BCUT2D eigenvalue weighted by molar-refractivity contribution is -0.148. The Bertz CT molecular complexity index is 4870. The Morgan fingerprint density at radius 3 is 1.98 bits per heavy atom. The van der Waals surface area contributed by atoms with E-state index < -0.39 is 129 Å². The number of nitrogens with zero attached hydrogens (tertiary/aromatic N) is 12. The van der Waals surface area contributed by atoms with E-state index in [2.05, 4.69) is 35.3 Å². The minimum Gasteiger partial charge on any atom is -0.493 e. The van der Waals surface area contributed by atoms with Crippen molar-refractivity contribution < 1.29 is 109 Å². The van der Waals surface area contributed by atoms with E-state index in [0.717, 1.165) is 40.7 Å². The number of esters is 3. The van der Waals surface area contributed by atoms with Crippen molar-refractivity contribution in [3.8, 4) is 29.2 Å². The number of aromatic nitrogens is 10. The van der Waals surface area contributed by atoms with E-state index in [0.29, 0.717) is 44.9 Å². The van der Waals surface area contributed by atoms with Crippen LogP contribution < -0.4 is 29.6 Å². The van der Waals surface area contributed by atoms with Gasteiger partial charge in [-0.25, -0.2) is 59.6 Å². The van der Waals surface area contributed by atoms with E-state index in [1.54, 1.807) is 45.9 Å². The Morgan fingerprint density at radius 1 is 0.796 bits per heavy atom. The molecule has 0 bridgehead atoms. The molecule has 0 amide bonds. The van der Waals surface area contributed by atoms with Crippen molar-refractivity contribution in [2.45, 2.75) is 94.0 Å². The lowest BCUT2D eigenvalue weighted by Crippen LogP contribution is -2.48. The van der Waals surface area contributed by atoms with Crippen LogP contribution in [0.5, 0.6) is 23.5 Å². The first-order valence-electron chi connectivity index (χ1n) is 29.0. The van der Waals surface area contributed by atoms with E-state index >= 15 is 0 Å². The number of hydrogen-bond donors (Lipinski definition) is 2. The zero-order chi connectivity index (χ0) is 77.3. The predicted octanol–water partition coefficient (Wildman–Crippen LogP) is 10.1. The summed E-state index contributed by atoms with van der Waals surface area (Å²) in [7, 11) is -3.96. The molecule has 2 unspecified atom stereocenters. The number of anilines is 2. The topological polar surface area (TPSA) is 353 Å². The summed E-state index contributed by atoms with van der Waals surface area (Å²) in [6.45, 7) is 6.71. The monoisotopic (exact) mass is 1580 g/mol. The summed E-state index contributed by atoms with van der Waals surface area (Å²) < 4.78 is 202. The first-order chi connectivity index (χ1) is 47.9. The number of carbonyl (C=O) groups excluding carboxylic acids is 4. The Kier molecular flexibility index (Phi) is 26.6. The number of rotatable bonds is 20. The maximum atomic E-state index is 14.2. The zero-order valence-electron chi connectivity index (χ0n) is 55.2. The van der Waals surface area contributed by atoms with Crippen LogP contribution in [0.4, 0.5) is 51.1 Å². The molecule has 0 aliphatic carbocycles. The largest absolute Gasteiger partial charge is 0.493 e. The molecule has 2 atom stereocenters. The van der Waals surface area contributed by atoms with Gasteiger partial charge in [0.1, 0.15) is 28.2 Å². The van der Waals surface area contributed by atoms with E-state index in [1.807, 2.05) is 4.72 Å². The maximum Gasteiger partial charge on any atom is 0.418 e. The number of halogens is 13. The van der Waals surface area contributed by atoms with E-state index in [4.69, 9.17) is 74.8 Å². The van der Waals surface area contributed by atoms with Crippen molar-refractivity contribution in [3.63, 3.8) is 0 Å². The summed E-state index contributed by atoms with van der Waals surface area (Å²) in [5, 5.41) is 26.5. The summed E-state index contributed by atoms with van der Waals surface area (Å²) in [6.07, 6.45) is -8.31. The Hall–Kier alpha value is -9.51. The molecular weight excluding hydrogens is 1520 g/mol.